The van der Waals surface area contributed by atoms with Crippen LogP contribution in [0.25, 0.3) is 0 Å². The fourth-order valence-corrected chi connectivity index (χ4v) is 1.97. The predicted octanol–water partition coefficient (Wildman–Crippen LogP) is 3.49. The standard InChI is InChI=1S/C9H9BrF3N/c1-5(14)6-3-2-4-7(8(6)10)9(11,12)13/h2-5H,14H2,1H3. The van der Waals surface area contributed by atoms with Crippen molar-refractivity contribution in [3.8, 4) is 0 Å². The van der Waals surface area contributed by atoms with Crippen molar-refractivity contribution < 1.29 is 13.2 Å². The minimum Gasteiger partial charge on any atom is -0.324 e. The molecule has 0 fully saturated rings. The number of benzene rings is 1. The highest BCUT2D eigenvalue weighted by atomic mass is 79.9. The highest BCUT2D eigenvalue weighted by molar-refractivity contribution is 9.10. The van der Waals surface area contributed by atoms with E-state index in [-0.39, 0.29) is 4.47 Å². The molecule has 5 heteroatoms. The summed E-state index contributed by atoms with van der Waals surface area (Å²) >= 11 is 2.92. The largest absolute Gasteiger partial charge is 0.417 e. The van der Waals surface area contributed by atoms with Gasteiger partial charge in [-0.25, -0.2) is 0 Å². The van der Waals surface area contributed by atoms with Crippen molar-refractivity contribution in [2.45, 2.75) is 19.1 Å². The molecule has 0 saturated carbocycles. The van der Waals surface area contributed by atoms with Gasteiger partial charge in [0, 0.05) is 10.5 Å². The molecule has 0 heterocycles. The molecule has 0 amide bonds. The summed E-state index contributed by atoms with van der Waals surface area (Å²) in [6.45, 7) is 1.64. The molecular weight excluding hydrogens is 259 g/mol. The van der Waals surface area contributed by atoms with Gasteiger partial charge in [0.2, 0.25) is 0 Å². The number of hydrogen-bond acceptors (Lipinski definition) is 1. The minimum atomic E-state index is -4.34. The van der Waals surface area contributed by atoms with Crippen molar-refractivity contribution in [3.05, 3.63) is 33.8 Å². The maximum atomic E-state index is 12.4. The number of rotatable bonds is 1. The molecule has 78 valence electrons. The van der Waals surface area contributed by atoms with Gasteiger partial charge in [-0.3, -0.25) is 0 Å². The first-order valence-corrected chi connectivity index (χ1v) is 4.74. The molecule has 2 N–H and O–H groups in total. The molecule has 1 atom stereocenters. The molecule has 1 rings (SSSR count). The summed E-state index contributed by atoms with van der Waals surface area (Å²) in [7, 11) is 0. The third kappa shape index (κ3) is 2.27. The van der Waals surface area contributed by atoms with Gasteiger partial charge in [-0.2, -0.15) is 13.2 Å². The average molecular weight is 268 g/mol. The molecule has 0 saturated heterocycles. The quantitative estimate of drug-likeness (QED) is 0.828. The Morgan fingerprint density at radius 3 is 2.36 bits per heavy atom. The van der Waals surface area contributed by atoms with E-state index < -0.39 is 17.8 Å². The van der Waals surface area contributed by atoms with Gasteiger partial charge in [0.25, 0.3) is 0 Å². The van der Waals surface area contributed by atoms with Gasteiger partial charge < -0.3 is 5.73 Å². The van der Waals surface area contributed by atoms with Gasteiger partial charge in [0.05, 0.1) is 5.56 Å². The monoisotopic (exact) mass is 267 g/mol. The second kappa shape index (κ2) is 3.90. The first-order chi connectivity index (χ1) is 6.34. The van der Waals surface area contributed by atoms with E-state index in [0.717, 1.165) is 6.07 Å². The van der Waals surface area contributed by atoms with Crippen LogP contribution in [0.4, 0.5) is 13.2 Å². The molecule has 1 unspecified atom stereocenters. The van der Waals surface area contributed by atoms with Crippen LogP contribution < -0.4 is 5.73 Å². The Kier molecular flexibility index (Phi) is 3.21. The molecule has 0 radical (unpaired) electrons. The number of nitrogens with two attached hydrogens (primary N) is 1. The molecular formula is C9H9BrF3N. The Labute approximate surface area is 88.2 Å². The number of halogens is 4. The van der Waals surface area contributed by atoms with Crippen LogP contribution in [0.1, 0.15) is 24.1 Å². The molecule has 0 aromatic heterocycles. The Morgan fingerprint density at radius 1 is 1.36 bits per heavy atom. The zero-order chi connectivity index (χ0) is 10.9. The van der Waals surface area contributed by atoms with Crippen molar-refractivity contribution in [1.82, 2.24) is 0 Å². The maximum absolute atomic E-state index is 12.4. The Balaban J connectivity index is 3.28. The normalized spacial score (nSPS) is 14.1. The summed E-state index contributed by atoms with van der Waals surface area (Å²) in [5, 5.41) is 0. The molecule has 0 aliphatic rings. The van der Waals surface area contributed by atoms with Crippen molar-refractivity contribution >= 4 is 15.9 Å². The van der Waals surface area contributed by atoms with Crippen LogP contribution in [-0.2, 0) is 6.18 Å². The Hall–Kier alpha value is -0.550. The van der Waals surface area contributed by atoms with E-state index in [9.17, 15) is 13.2 Å². The average Bonchev–Trinajstić information content (AvgIpc) is 2.01. The van der Waals surface area contributed by atoms with Gasteiger partial charge in [0.15, 0.2) is 0 Å². The topological polar surface area (TPSA) is 26.0 Å². The molecule has 14 heavy (non-hydrogen) atoms. The highest BCUT2D eigenvalue weighted by Gasteiger charge is 2.33. The van der Waals surface area contributed by atoms with Crippen LogP contribution in [0.3, 0.4) is 0 Å². The van der Waals surface area contributed by atoms with E-state index in [0.29, 0.717) is 5.56 Å². The van der Waals surface area contributed by atoms with Gasteiger partial charge >= 0.3 is 6.18 Å². The van der Waals surface area contributed by atoms with Crippen LogP contribution in [-0.4, -0.2) is 0 Å². The van der Waals surface area contributed by atoms with E-state index >= 15 is 0 Å². The molecule has 0 aliphatic carbocycles. The predicted molar refractivity (Wildman–Crippen MR) is 51.7 cm³/mol. The fraction of sp³-hybridized carbons (Fsp3) is 0.333. The van der Waals surface area contributed by atoms with E-state index in [1.54, 1.807) is 13.0 Å². The van der Waals surface area contributed by atoms with Gasteiger partial charge in [-0.15, -0.1) is 0 Å². The third-order valence-corrected chi connectivity index (χ3v) is 2.71. The highest BCUT2D eigenvalue weighted by Crippen LogP contribution is 2.37. The van der Waals surface area contributed by atoms with E-state index in [1.165, 1.54) is 6.07 Å². The SMILES string of the molecule is CC(N)c1cccc(C(F)(F)F)c1Br. The lowest BCUT2D eigenvalue weighted by molar-refractivity contribution is -0.138. The summed E-state index contributed by atoms with van der Waals surface area (Å²) in [4.78, 5) is 0. The Bertz CT molecular complexity index is 333. The number of alkyl halides is 3. The van der Waals surface area contributed by atoms with Gasteiger partial charge in [0.1, 0.15) is 0 Å². The van der Waals surface area contributed by atoms with Crippen molar-refractivity contribution in [2.75, 3.05) is 0 Å². The van der Waals surface area contributed by atoms with Crippen molar-refractivity contribution in [1.29, 1.82) is 0 Å². The Morgan fingerprint density at radius 2 is 1.93 bits per heavy atom. The molecule has 1 aromatic carbocycles. The number of hydrogen-bond donors (Lipinski definition) is 1. The van der Waals surface area contributed by atoms with Crippen LogP contribution in [0.15, 0.2) is 22.7 Å². The molecule has 1 nitrogen and oxygen atoms in total. The fourth-order valence-electron chi connectivity index (χ4n) is 1.12. The summed E-state index contributed by atoms with van der Waals surface area (Å²) in [6.07, 6.45) is -4.34. The van der Waals surface area contributed by atoms with Crippen LogP contribution in [0.5, 0.6) is 0 Å². The summed E-state index contributed by atoms with van der Waals surface area (Å²) in [5.41, 5.74) is 5.30. The molecule has 0 bridgehead atoms. The summed E-state index contributed by atoms with van der Waals surface area (Å²) in [5.74, 6) is 0. The maximum Gasteiger partial charge on any atom is 0.417 e. The lowest BCUT2D eigenvalue weighted by atomic mass is 10.1. The molecule has 0 spiro atoms. The van der Waals surface area contributed by atoms with Crippen molar-refractivity contribution in [2.24, 2.45) is 5.73 Å². The van der Waals surface area contributed by atoms with Gasteiger partial charge in [-0.1, -0.05) is 12.1 Å². The molecule has 1 aromatic rings. The van der Waals surface area contributed by atoms with E-state index in [4.69, 9.17) is 5.73 Å². The summed E-state index contributed by atoms with van der Waals surface area (Å²) in [6, 6.07) is 3.53. The summed E-state index contributed by atoms with van der Waals surface area (Å²) < 4.78 is 37.3. The minimum absolute atomic E-state index is 0.0301. The smallest absolute Gasteiger partial charge is 0.324 e. The van der Waals surface area contributed by atoms with Crippen LogP contribution >= 0.6 is 15.9 Å². The van der Waals surface area contributed by atoms with Crippen LogP contribution in [0.2, 0.25) is 0 Å². The zero-order valence-corrected chi connectivity index (χ0v) is 8.98. The lowest BCUT2D eigenvalue weighted by Crippen LogP contribution is -2.11. The molecule has 0 aliphatic heterocycles. The van der Waals surface area contributed by atoms with E-state index in [2.05, 4.69) is 15.9 Å². The second-order valence-corrected chi connectivity index (χ2v) is 3.79. The van der Waals surface area contributed by atoms with Gasteiger partial charge in [-0.05, 0) is 34.5 Å². The van der Waals surface area contributed by atoms with Crippen LogP contribution in [0, 0.1) is 0 Å². The second-order valence-electron chi connectivity index (χ2n) is 3.00. The third-order valence-electron chi connectivity index (χ3n) is 1.82. The lowest BCUT2D eigenvalue weighted by Gasteiger charge is -2.14. The first-order valence-electron chi connectivity index (χ1n) is 3.95. The van der Waals surface area contributed by atoms with E-state index in [1.807, 2.05) is 0 Å². The zero-order valence-electron chi connectivity index (χ0n) is 7.40. The first kappa shape index (κ1) is 11.5. The van der Waals surface area contributed by atoms with Crippen molar-refractivity contribution in [3.63, 3.8) is 0 Å².